The highest BCUT2D eigenvalue weighted by atomic mass is 19.4. The standard InChI is InChI=1S/C82H67F6N3O8/c1-8-46-76(3,4)90-74(94)67-45-43-63(48-69(67)75(90)95)99-59-32-20-51(21-33-59)79(70-16-12-10-14-64(70)65-15-11-13-17-71(65)79)50-18-30-58(31-19-50)98-62-42-44-66-68(47-62)73(93)89(72(66)92)54-26-38-60(39-27-54)96-56-34-22-52(23-35-56)80(81(83,84)85,82(86,87)88)53-24-36-57(37-25-53)97-61-40-28-55(29-41-61)91-77(5,6)49-78(91,7)9-2/h10-45,47-48H,8-9,46,49H2,1-7H3. The summed E-state index contributed by atoms with van der Waals surface area (Å²) in [6.45, 7) is 14.5. The number of hydrogen-bond acceptors (Lipinski definition) is 9. The number of anilines is 2. The van der Waals surface area contributed by atoms with Gasteiger partial charge in [-0.25, -0.2) is 4.90 Å². The molecule has 0 bridgehead atoms. The number of ether oxygens (including phenoxy) is 4. The van der Waals surface area contributed by atoms with Crippen LogP contribution in [0.3, 0.4) is 0 Å². The summed E-state index contributed by atoms with van der Waals surface area (Å²) in [5.74, 6) is 0.193. The maximum absolute atomic E-state index is 15.3. The first-order valence-electron chi connectivity index (χ1n) is 32.7. The van der Waals surface area contributed by atoms with E-state index in [1.54, 1.807) is 36.4 Å². The van der Waals surface area contributed by atoms with Crippen LogP contribution in [0.25, 0.3) is 11.1 Å². The molecule has 4 aliphatic rings. The van der Waals surface area contributed by atoms with Gasteiger partial charge < -0.3 is 23.8 Å². The van der Waals surface area contributed by atoms with E-state index in [0.717, 1.165) is 112 Å². The van der Waals surface area contributed by atoms with E-state index in [2.05, 4.69) is 56.9 Å². The maximum Gasteiger partial charge on any atom is 0.411 e. The lowest BCUT2D eigenvalue weighted by molar-refractivity contribution is -0.288. The fraction of sp³-hybridized carbons (Fsp3) is 0.220. The van der Waals surface area contributed by atoms with E-state index >= 15 is 26.3 Å². The molecule has 3 heterocycles. The molecule has 4 amide bonds. The van der Waals surface area contributed by atoms with Crippen molar-refractivity contribution < 1.29 is 64.5 Å². The number of alkyl halides is 6. The Labute approximate surface area is 568 Å². The van der Waals surface area contributed by atoms with Crippen LogP contribution in [0.2, 0.25) is 0 Å². The number of carbonyl (C=O) groups is 4. The molecular formula is C82H67F6N3O8. The number of benzene rings is 10. The summed E-state index contributed by atoms with van der Waals surface area (Å²) in [6.07, 6.45) is -8.27. The van der Waals surface area contributed by atoms with Crippen LogP contribution >= 0.6 is 0 Å². The SMILES string of the molecule is CCCC(C)(C)N1C(=O)c2ccc(Oc3ccc(C4(c5ccc(Oc6ccc7c(c6)C(=O)N(c6ccc(Oc8ccc(C(c9ccc(Oc%10ccc(N%11C(C)(C)CC%11(C)CC)cc%10)cc9)(C(F)(F)F)C(F)(F)F)cc8)cc6)C7=O)cc5)c5ccccc5-c5ccccc54)cc3)cc2C1=O. The summed E-state index contributed by atoms with van der Waals surface area (Å²) >= 11 is 0. The van der Waals surface area contributed by atoms with Crippen molar-refractivity contribution in [3.8, 4) is 57.1 Å². The average Bonchev–Trinajstić information content (AvgIpc) is 1.54. The van der Waals surface area contributed by atoms with Crippen LogP contribution in [0.15, 0.2) is 231 Å². The molecular weight excluding hydrogens is 1270 g/mol. The number of halogens is 6. The van der Waals surface area contributed by atoms with Gasteiger partial charge in [-0.3, -0.25) is 24.1 Å². The lowest BCUT2D eigenvalue weighted by Gasteiger charge is -2.64. The zero-order valence-corrected chi connectivity index (χ0v) is 55.1. The van der Waals surface area contributed by atoms with Gasteiger partial charge in [-0.05, 0) is 232 Å². The molecule has 3 aliphatic heterocycles. The summed E-state index contributed by atoms with van der Waals surface area (Å²) in [6, 6.07) is 61.7. The molecule has 0 saturated carbocycles. The van der Waals surface area contributed by atoms with Crippen molar-refractivity contribution in [1.29, 1.82) is 0 Å². The molecule has 0 N–H and O–H groups in total. The number of rotatable bonds is 18. The van der Waals surface area contributed by atoms with E-state index in [0.29, 0.717) is 40.5 Å². The van der Waals surface area contributed by atoms with Crippen LogP contribution in [-0.2, 0) is 10.8 Å². The summed E-state index contributed by atoms with van der Waals surface area (Å²) < 4.78 is 116. The van der Waals surface area contributed by atoms with Crippen molar-refractivity contribution in [3.63, 3.8) is 0 Å². The molecule has 0 spiro atoms. The molecule has 1 aliphatic carbocycles. The van der Waals surface area contributed by atoms with Gasteiger partial charge in [0.25, 0.3) is 23.6 Å². The number of amides is 4. The Morgan fingerprint density at radius 3 is 1.17 bits per heavy atom. The quantitative estimate of drug-likeness (QED) is 0.0612. The molecule has 1 atom stereocenters. The molecule has 0 radical (unpaired) electrons. The lowest BCUT2D eigenvalue weighted by Crippen LogP contribution is -2.70. The Morgan fingerprint density at radius 2 is 0.758 bits per heavy atom. The molecule has 14 rings (SSSR count). The van der Waals surface area contributed by atoms with Crippen LogP contribution in [0.4, 0.5) is 37.7 Å². The first-order chi connectivity index (χ1) is 47.2. The minimum absolute atomic E-state index is 0.0294. The van der Waals surface area contributed by atoms with Crippen LogP contribution in [0, 0.1) is 0 Å². The minimum atomic E-state index is -5.85. The number of carbonyl (C=O) groups excluding carboxylic acids is 4. The van der Waals surface area contributed by atoms with Crippen molar-refractivity contribution in [2.75, 3.05) is 9.80 Å². The molecule has 11 nitrogen and oxygen atoms in total. The van der Waals surface area contributed by atoms with E-state index in [1.165, 1.54) is 41.3 Å². The Hall–Kier alpha value is -10.9. The van der Waals surface area contributed by atoms with Gasteiger partial charge in [0.1, 0.15) is 46.0 Å². The smallest absolute Gasteiger partial charge is 0.411 e. The first-order valence-corrected chi connectivity index (χ1v) is 32.7. The second-order valence-corrected chi connectivity index (χ2v) is 27.1. The molecule has 500 valence electrons. The molecule has 10 aromatic carbocycles. The van der Waals surface area contributed by atoms with Gasteiger partial charge in [0.05, 0.1) is 33.4 Å². The van der Waals surface area contributed by atoms with E-state index < -0.39 is 51.7 Å². The second-order valence-electron chi connectivity index (χ2n) is 27.1. The highest BCUT2D eigenvalue weighted by Gasteiger charge is 2.72. The molecule has 1 unspecified atom stereocenters. The third-order valence-corrected chi connectivity index (χ3v) is 20.0. The summed E-state index contributed by atoms with van der Waals surface area (Å²) in [7, 11) is 0. The monoisotopic (exact) mass is 1340 g/mol. The van der Waals surface area contributed by atoms with Crippen LogP contribution in [0.1, 0.15) is 149 Å². The molecule has 99 heavy (non-hydrogen) atoms. The van der Waals surface area contributed by atoms with Gasteiger partial charge in [-0.15, -0.1) is 0 Å². The van der Waals surface area contributed by atoms with Gasteiger partial charge in [-0.1, -0.05) is 117 Å². The third-order valence-electron chi connectivity index (χ3n) is 20.0. The molecule has 1 fully saturated rings. The Morgan fingerprint density at radius 1 is 0.404 bits per heavy atom. The summed E-state index contributed by atoms with van der Waals surface area (Å²) in [4.78, 5) is 59.8. The van der Waals surface area contributed by atoms with Crippen molar-refractivity contribution in [2.24, 2.45) is 0 Å². The number of imide groups is 2. The van der Waals surface area contributed by atoms with Gasteiger partial charge in [0.2, 0.25) is 5.41 Å². The highest BCUT2D eigenvalue weighted by Crippen LogP contribution is 2.59. The normalized spacial score (nSPS) is 16.8. The number of hydrogen-bond donors (Lipinski definition) is 0. The topological polar surface area (TPSA) is 115 Å². The van der Waals surface area contributed by atoms with Crippen LogP contribution < -0.4 is 28.7 Å². The molecule has 0 aromatic heterocycles. The fourth-order valence-electron chi connectivity index (χ4n) is 15.7. The zero-order chi connectivity index (χ0) is 69.8. The average molecular weight is 1340 g/mol. The van der Waals surface area contributed by atoms with Gasteiger partial charge in [-0.2, -0.15) is 26.3 Å². The first kappa shape index (κ1) is 65.4. The van der Waals surface area contributed by atoms with Crippen molar-refractivity contribution in [2.45, 2.75) is 114 Å². The van der Waals surface area contributed by atoms with Gasteiger partial charge in [0, 0.05) is 22.3 Å². The van der Waals surface area contributed by atoms with E-state index in [9.17, 15) is 19.2 Å². The maximum atomic E-state index is 15.3. The Kier molecular flexibility index (Phi) is 15.8. The molecule has 1 saturated heterocycles. The summed E-state index contributed by atoms with van der Waals surface area (Å²) in [5, 5.41) is 0. The number of fused-ring (bicyclic) bond motifs is 5. The predicted octanol–water partition coefficient (Wildman–Crippen LogP) is 20.8. The van der Waals surface area contributed by atoms with Gasteiger partial charge >= 0.3 is 12.4 Å². The predicted molar refractivity (Wildman–Crippen MR) is 366 cm³/mol. The second kappa shape index (κ2) is 24.0. The van der Waals surface area contributed by atoms with Crippen LogP contribution in [0.5, 0.6) is 46.0 Å². The minimum Gasteiger partial charge on any atom is -0.457 e. The van der Waals surface area contributed by atoms with E-state index in [4.69, 9.17) is 18.9 Å². The van der Waals surface area contributed by atoms with Gasteiger partial charge in [0.15, 0.2) is 0 Å². The van der Waals surface area contributed by atoms with Crippen LogP contribution in [-0.4, -0.2) is 57.5 Å². The Bertz CT molecular complexity index is 4780. The van der Waals surface area contributed by atoms with E-state index in [1.807, 2.05) is 106 Å². The zero-order valence-electron chi connectivity index (χ0n) is 55.1. The highest BCUT2D eigenvalue weighted by molar-refractivity contribution is 6.34. The largest absolute Gasteiger partial charge is 0.457 e. The van der Waals surface area contributed by atoms with Crippen molar-refractivity contribution in [3.05, 3.63) is 286 Å². The summed E-state index contributed by atoms with van der Waals surface area (Å²) in [5.41, 5.74) is 0.00220. The molecule has 17 heteroatoms. The molecule has 10 aromatic rings. The number of nitrogens with zero attached hydrogens (tertiary/aromatic N) is 3. The van der Waals surface area contributed by atoms with Crippen molar-refractivity contribution in [1.82, 2.24) is 4.90 Å². The fourth-order valence-corrected chi connectivity index (χ4v) is 15.7. The van der Waals surface area contributed by atoms with Crippen molar-refractivity contribution >= 4 is 35.0 Å². The van der Waals surface area contributed by atoms with E-state index in [-0.39, 0.29) is 62.7 Å². The lowest BCUT2D eigenvalue weighted by atomic mass is 9.68. The Balaban J connectivity index is 0.657. The third kappa shape index (κ3) is 10.8.